The van der Waals surface area contributed by atoms with E-state index in [2.05, 4.69) is 34.5 Å². The molecule has 2 rings (SSSR count). The van der Waals surface area contributed by atoms with Gasteiger partial charge in [-0.1, -0.05) is 44.2 Å². The minimum absolute atomic E-state index is 0.107. The van der Waals surface area contributed by atoms with Crippen LogP contribution in [0.5, 0.6) is 0 Å². The van der Waals surface area contributed by atoms with Gasteiger partial charge in [0.1, 0.15) is 6.04 Å². The second kappa shape index (κ2) is 6.86. The maximum atomic E-state index is 11.2. The lowest BCUT2D eigenvalue weighted by Gasteiger charge is -2.23. The van der Waals surface area contributed by atoms with Crippen LogP contribution in [-0.2, 0) is 11.3 Å². The van der Waals surface area contributed by atoms with E-state index >= 15 is 0 Å². The summed E-state index contributed by atoms with van der Waals surface area (Å²) >= 11 is 0. The number of hydrogen-bond donors (Lipinski definition) is 2. The highest BCUT2D eigenvalue weighted by molar-refractivity contribution is 5.73. The van der Waals surface area contributed by atoms with E-state index in [0.29, 0.717) is 0 Å². The number of rotatable bonds is 6. The van der Waals surface area contributed by atoms with Crippen LogP contribution in [0.4, 0.5) is 0 Å². The van der Waals surface area contributed by atoms with Crippen molar-refractivity contribution in [3.8, 4) is 0 Å². The van der Waals surface area contributed by atoms with Crippen molar-refractivity contribution in [1.82, 2.24) is 10.2 Å². The van der Waals surface area contributed by atoms with Gasteiger partial charge >= 0.3 is 5.97 Å². The van der Waals surface area contributed by atoms with E-state index in [-0.39, 0.29) is 12.0 Å². The third kappa shape index (κ3) is 4.05. The first-order chi connectivity index (χ1) is 9.56. The Morgan fingerprint density at radius 3 is 2.70 bits per heavy atom. The predicted octanol–water partition coefficient (Wildman–Crippen LogP) is 1.96. The van der Waals surface area contributed by atoms with Crippen LogP contribution >= 0.6 is 0 Å². The van der Waals surface area contributed by atoms with Gasteiger partial charge in [0.05, 0.1) is 0 Å². The highest BCUT2D eigenvalue weighted by atomic mass is 16.4. The Bertz CT molecular complexity index is 433. The van der Waals surface area contributed by atoms with Gasteiger partial charge in [-0.05, 0) is 17.9 Å². The topological polar surface area (TPSA) is 52.6 Å². The average Bonchev–Trinajstić information content (AvgIpc) is 2.84. The van der Waals surface area contributed by atoms with E-state index in [1.807, 2.05) is 19.9 Å². The van der Waals surface area contributed by atoms with Gasteiger partial charge < -0.3 is 10.4 Å². The summed E-state index contributed by atoms with van der Waals surface area (Å²) < 4.78 is 0. The van der Waals surface area contributed by atoms with Gasteiger partial charge in [-0.2, -0.15) is 0 Å². The molecule has 0 radical (unpaired) electrons. The second-order valence-electron chi connectivity index (χ2n) is 5.93. The summed E-state index contributed by atoms with van der Waals surface area (Å²) in [6.45, 7) is 6.78. The smallest absolute Gasteiger partial charge is 0.320 e. The molecule has 2 N–H and O–H groups in total. The van der Waals surface area contributed by atoms with E-state index < -0.39 is 12.0 Å². The van der Waals surface area contributed by atoms with Crippen molar-refractivity contribution in [3.05, 3.63) is 35.9 Å². The van der Waals surface area contributed by atoms with Crippen LogP contribution < -0.4 is 5.32 Å². The van der Waals surface area contributed by atoms with E-state index in [0.717, 1.165) is 26.1 Å². The standard InChI is InChI=1S/C16H24N2O2/c1-12(2)15(16(19)20)17-14-8-9-18(11-14)10-13-6-4-3-5-7-13/h3-7,12,14-15,17H,8-11H2,1-2H3,(H,19,20). The lowest BCUT2D eigenvalue weighted by molar-refractivity contribution is -0.140. The van der Waals surface area contributed by atoms with Crippen LogP contribution in [0.3, 0.4) is 0 Å². The average molecular weight is 276 g/mol. The van der Waals surface area contributed by atoms with Crippen molar-refractivity contribution in [2.75, 3.05) is 13.1 Å². The molecule has 1 saturated heterocycles. The lowest BCUT2D eigenvalue weighted by atomic mass is 10.0. The Hall–Kier alpha value is -1.39. The van der Waals surface area contributed by atoms with Crippen LogP contribution in [0.25, 0.3) is 0 Å². The molecule has 2 unspecified atom stereocenters. The quantitative estimate of drug-likeness (QED) is 0.834. The van der Waals surface area contributed by atoms with E-state index in [1.54, 1.807) is 0 Å². The number of aliphatic carboxylic acids is 1. The highest BCUT2D eigenvalue weighted by Gasteiger charge is 2.29. The molecule has 0 saturated carbocycles. The maximum absolute atomic E-state index is 11.2. The summed E-state index contributed by atoms with van der Waals surface area (Å²) in [7, 11) is 0. The number of nitrogens with one attached hydrogen (secondary N) is 1. The Morgan fingerprint density at radius 1 is 1.40 bits per heavy atom. The third-order valence-corrected chi connectivity index (χ3v) is 3.87. The number of carboxylic acid groups (broad SMARTS) is 1. The zero-order valence-electron chi connectivity index (χ0n) is 12.2. The molecule has 1 fully saturated rings. The largest absolute Gasteiger partial charge is 0.480 e. The molecule has 4 heteroatoms. The molecule has 0 amide bonds. The molecule has 1 aromatic carbocycles. The van der Waals surface area contributed by atoms with Crippen molar-refractivity contribution < 1.29 is 9.90 Å². The number of benzene rings is 1. The first-order valence-electron chi connectivity index (χ1n) is 7.31. The van der Waals surface area contributed by atoms with Crippen LogP contribution in [0.15, 0.2) is 30.3 Å². The molecule has 1 aromatic rings. The molecular weight excluding hydrogens is 252 g/mol. The Balaban J connectivity index is 1.84. The van der Waals surface area contributed by atoms with Crippen molar-refractivity contribution in [3.63, 3.8) is 0 Å². The van der Waals surface area contributed by atoms with E-state index in [4.69, 9.17) is 0 Å². The molecule has 110 valence electrons. The fraction of sp³-hybridized carbons (Fsp3) is 0.562. The van der Waals surface area contributed by atoms with Crippen molar-refractivity contribution in [2.24, 2.45) is 5.92 Å². The summed E-state index contributed by atoms with van der Waals surface area (Å²) in [5, 5.41) is 12.5. The fourth-order valence-corrected chi connectivity index (χ4v) is 2.76. The molecule has 2 atom stereocenters. The second-order valence-corrected chi connectivity index (χ2v) is 5.93. The summed E-state index contributed by atoms with van der Waals surface area (Å²) in [6, 6.07) is 10.2. The number of carbonyl (C=O) groups is 1. The van der Waals surface area contributed by atoms with Crippen LogP contribution in [-0.4, -0.2) is 41.1 Å². The monoisotopic (exact) mass is 276 g/mol. The number of carboxylic acids is 1. The first-order valence-corrected chi connectivity index (χ1v) is 7.31. The SMILES string of the molecule is CC(C)C(NC1CCN(Cc2ccccc2)C1)C(=O)O. The van der Waals surface area contributed by atoms with Crippen molar-refractivity contribution in [2.45, 2.75) is 38.9 Å². The highest BCUT2D eigenvalue weighted by Crippen LogP contribution is 2.15. The van der Waals surface area contributed by atoms with Gasteiger partial charge in [-0.15, -0.1) is 0 Å². The van der Waals surface area contributed by atoms with Gasteiger partial charge in [0, 0.05) is 25.7 Å². The molecule has 20 heavy (non-hydrogen) atoms. The van der Waals surface area contributed by atoms with Gasteiger partial charge in [0.15, 0.2) is 0 Å². The van der Waals surface area contributed by atoms with Crippen LogP contribution in [0, 0.1) is 5.92 Å². The first kappa shape index (κ1) is 15.0. The molecule has 1 aliphatic rings. The lowest BCUT2D eigenvalue weighted by Crippen LogP contribution is -2.47. The van der Waals surface area contributed by atoms with Gasteiger partial charge in [0.25, 0.3) is 0 Å². The summed E-state index contributed by atoms with van der Waals surface area (Å²) in [4.78, 5) is 13.6. The maximum Gasteiger partial charge on any atom is 0.320 e. The van der Waals surface area contributed by atoms with E-state index in [9.17, 15) is 9.90 Å². The predicted molar refractivity (Wildman–Crippen MR) is 79.5 cm³/mol. The molecule has 0 aliphatic carbocycles. The molecule has 0 bridgehead atoms. The van der Waals surface area contributed by atoms with Gasteiger partial charge in [-0.25, -0.2) is 0 Å². The third-order valence-electron chi connectivity index (χ3n) is 3.87. The zero-order chi connectivity index (χ0) is 14.5. The summed E-state index contributed by atoms with van der Waals surface area (Å²) in [5.74, 6) is -0.641. The zero-order valence-corrected chi connectivity index (χ0v) is 12.2. The summed E-state index contributed by atoms with van der Waals surface area (Å²) in [6.07, 6.45) is 1.02. The van der Waals surface area contributed by atoms with Gasteiger partial charge in [0.2, 0.25) is 0 Å². The Labute approximate surface area is 120 Å². The minimum atomic E-state index is -0.749. The molecule has 1 aliphatic heterocycles. The van der Waals surface area contributed by atoms with Crippen molar-refractivity contribution in [1.29, 1.82) is 0 Å². The molecule has 0 spiro atoms. The molecule has 0 aromatic heterocycles. The number of likely N-dealkylation sites (tertiary alicyclic amines) is 1. The Kier molecular flexibility index (Phi) is 5.15. The molecule has 1 heterocycles. The normalized spacial score (nSPS) is 21.2. The Morgan fingerprint density at radius 2 is 2.10 bits per heavy atom. The molecular formula is C16H24N2O2. The van der Waals surface area contributed by atoms with E-state index in [1.165, 1.54) is 5.56 Å². The summed E-state index contributed by atoms with van der Waals surface area (Å²) in [5.41, 5.74) is 1.31. The number of nitrogens with zero attached hydrogens (tertiary/aromatic N) is 1. The fourth-order valence-electron chi connectivity index (χ4n) is 2.76. The minimum Gasteiger partial charge on any atom is -0.480 e. The van der Waals surface area contributed by atoms with Crippen LogP contribution in [0.2, 0.25) is 0 Å². The van der Waals surface area contributed by atoms with Gasteiger partial charge in [-0.3, -0.25) is 9.69 Å². The molecule has 4 nitrogen and oxygen atoms in total. The van der Waals surface area contributed by atoms with Crippen molar-refractivity contribution >= 4 is 5.97 Å². The number of hydrogen-bond acceptors (Lipinski definition) is 3. The van der Waals surface area contributed by atoms with Crippen LogP contribution in [0.1, 0.15) is 25.8 Å².